The first-order valence-electron chi connectivity index (χ1n) is 9.65. The molecule has 0 spiro atoms. The Morgan fingerprint density at radius 3 is 2.31 bits per heavy atom. The molecule has 0 radical (unpaired) electrons. The van der Waals surface area contributed by atoms with Crippen LogP contribution in [-0.2, 0) is 4.79 Å². The Morgan fingerprint density at radius 2 is 1.72 bits per heavy atom. The standard InChI is InChI=1S/C21H21Cl3N4O3S/c1-12(29)27-5-7-28(8-6-27)18-4-3-14(11-16(18)23)25-21(32)26-20(30)15-9-13(22)10-17(24)19(15)31-2/h3-4,9-11H,5-8H2,1-2H3,(H2,25,26,30,32). The maximum Gasteiger partial charge on any atom is 0.261 e. The molecule has 2 N–H and O–H groups in total. The van der Waals surface area contributed by atoms with Gasteiger partial charge in [-0.25, -0.2) is 0 Å². The van der Waals surface area contributed by atoms with E-state index >= 15 is 0 Å². The van der Waals surface area contributed by atoms with E-state index < -0.39 is 5.91 Å². The van der Waals surface area contributed by atoms with Gasteiger partial charge in [-0.1, -0.05) is 34.8 Å². The molecule has 0 atom stereocenters. The van der Waals surface area contributed by atoms with Gasteiger partial charge in [0.1, 0.15) is 5.75 Å². The van der Waals surface area contributed by atoms with Crippen molar-refractivity contribution in [2.24, 2.45) is 0 Å². The fraction of sp³-hybridized carbons (Fsp3) is 0.286. The summed E-state index contributed by atoms with van der Waals surface area (Å²) in [6.07, 6.45) is 0. The number of carbonyl (C=O) groups excluding carboxylic acids is 2. The molecule has 1 fully saturated rings. The number of hydrogen-bond donors (Lipinski definition) is 2. The predicted octanol–water partition coefficient (Wildman–Crippen LogP) is 4.45. The lowest BCUT2D eigenvalue weighted by Gasteiger charge is -2.36. The molecular weight excluding hydrogens is 495 g/mol. The molecule has 1 saturated heterocycles. The lowest BCUT2D eigenvalue weighted by Crippen LogP contribution is -2.48. The largest absolute Gasteiger partial charge is 0.494 e. The van der Waals surface area contributed by atoms with Gasteiger partial charge in [0.05, 0.1) is 28.4 Å². The number of thiocarbonyl (C=S) groups is 1. The second kappa shape index (κ2) is 10.6. The van der Waals surface area contributed by atoms with Gasteiger partial charge in [0.25, 0.3) is 5.91 Å². The van der Waals surface area contributed by atoms with E-state index in [9.17, 15) is 9.59 Å². The topological polar surface area (TPSA) is 73.9 Å². The molecule has 1 aliphatic rings. The van der Waals surface area contributed by atoms with Crippen LogP contribution < -0.4 is 20.3 Å². The van der Waals surface area contributed by atoms with Gasteiger partial charge in [-0.05, 0) is 42.5 Å². The van der Waals surface area contributed by atoms with Crippen LogP contribution in [0.3, 0.4) is 0 Å². The summed E-state index contributed by atoms with van der Waals surface area (Å²) < 4.78 is 5.20. The third-order valence-corrected chi connectivity index (χ3v) is 5.96. The number of piperazine rings is 1. The van der Waals surface area contributed by atoms with Crippen LogP contribution in [0.5, 0.6) is 5.75 Å². The van der Waals surface area contributed by atoms with Crippen molar-refractivity contribution in [2.45, 2.75) is 6.92 Å². The molecule has 2 aromatic carbocycles. The molecular formula is C21H21Cl3N4O3S. The van der Waals surface area contributed by atoms with Crippen molar-refractivity contribution in [1.82, 2.24) is 10.2 Å². The molecule has 32 heavy (non-hydrogen) atoms. The van der Waals surface area contributed by atoms with E-state index in [1.165, 1.54) is 19.2 Å². The molecule has 2 amide bonds. The van der Waals surface area contributed by atoms with Gasteiger partial charge in [0.2, 0.25) is 5.91 Å². The van der Waals surface area contributed by atoms with Crippen LogP contribution in [0.1, 0.15) is 17.3 Å². The molecule has 1 heterocycles. The van der Waals surface area contributed by atoms with E-state index in [2.05, 4.69) is 15.5 Å². The highest BCUT2D eigenvalue weighted by Crippen LogP contribution is 2.32. The smallest absolute Gasteiger partial charge is 0.261 e. The first-order valence-corrected chi connectivity index (χ1v) is 11.2. The number of nitrogens with one attached hydrogen (secondary N) is 2. The van der Waals surface area contributed by atoms with Crippen molar-refractivity contribution in [3.63, 3.8) is 0 Å². The molecule has 170 valence electrons. The number of halogens is 3. The summed E-state index contributed by atoms with van der Waals surface area (Å²) in [6, 6.07) is 8.34. The van der Waals surface area contributed by atoms with Gasteiger partial charge >= 0.3 is 0 Å². The fourth-order valence-corrected chi connectivity index (χ4v) is 4.45. The maximum absolute atomic E-state index is 12.6. The van der Waals surface area contributed by atoms with Crippen molar-refractivity contribution in [1.29, 1.82) is 0 Å². The van der Waals surface area contributed by atoms with Crippen LogP contribution in [0, 0.1) is 0 Å². The molecule has 3 rings (SSSR count). The van der Waals surface area contributed by atoms with Crippen LogP contribution in [-0.4, -0.2) is 55.1 Å². The van der Waals surface area contributed by atoms with Crippen LogP contribution >= 0.6 is 47.0 Å². The molecule has 0 unspecified atom stereocenters. The fourth-order valence-electron chi connectivity index (χ4n) is 3.37. The Morgan fingerprint density at radius 1 is 1.03 bits per heavy atom. The lowest BCUT2D eigenvalue weighted by atomic mass is 10.2. The van der Waals surface area contributed by atoms with Crippen LogP contribution in [0.2, 0.25) is 15.1 Å². The van der Waals surface area contributed by atoms with Gasteiger partial charge < -0.3 is 19.9 Å². The average Bonchev–Trinajstić information content (AvgIpc) is 2.73. The summed E-state index contributed by atoms with van der Waals surface area (Å²) in [5.41, 5.74) is 1.64. The molecule has 0 bridgehead atoms. The monoisotopic (exact) mass is 514 g/mol. The zero-order chi connectivity index (χ0) is 23.4. The van der Waals surface area contributed by atoms with E-state index in [-0.39, 0.29) is 27.4 Å². The highest BCUT2D eigenvalue weighted by molar-refractivity contribution is 7.80. The summed E-state index contributed by atoms with van der Waals surface area (Å²) in [5.74, 6) is -0.244. The molecule has 7 nitrogen and oxygen atoms in total. The number of methoxy groups -OCH3 is 1. The van der Waals surface area contributed by atoms with Gasteiger partial charge in [0.15, 0.2) is 5.11 Å². The zero-order valence-electron chi connectivity index (χ0n) is 17.4. The highest BCUT2D eigenvalue weighted by atomic mass is 35.5. The number of benzene rings is 2. The molecule has 0 aromatic heterocycles. The van der Waals surface area contributed by atoms with Crippen molar-refractivity contribution >= 4 is 75.3 Å². The second-order valence-corrected chi connectivity index (χ2v) is 8.70. The summed E-state index contributed by atoms with van der Waals surface area (Å²) in [4.78, 5) is 28.1. The average molecular weight is 516 g/mol. The summed E-state index contributed by atoms with van der Waals surface area (Å²) in [6.45, 7) is 4.27. The predicted molar refractivity (Wildman–Crippen MR) is 133 cm³/mol. The number of anilines is 2. The zero-order valence-corrected chi connectivity index (χ0v) is 20.5. The summed E-state index contributed by atoms with van der Waals surface area (Å²) in [7, 11) is 1.41. The first kappa shape index (κ1) is 24.4. The first-order chi connectivity index (χ1) is 15.2. The number of rotatable bonds is 4. The quantitative estimate of drug-likeness (QED) is 0.586. The number of ether oxygens (including phenoxy) is 1. The Bertz CT molecular complexity index is 1060. The van der Waals surface area contributed by atoms with E-state index in [1.807, 2.05) is 17.0 Å². The highest BCUT2D eigenvalue weighted by Gasteiger charge is 2.21. The minimum Gasteiger partial charge on any atom is -0.494 e. The van der Waals surface area contributed by atoms with Gasteiger partial charge in [-0.3, -0.25) is 14.9 Å². The Kier molecular flexibility index (Phi) is 8.05. The maximum atomic E-state index is 12.6. The third-order valence-electron chi connectivity index (χ3n) is 4.96. The minimum atomic E-state index is -0.519. The van der Waals surface area contributed by atoms with Gasteiger partial charge in [-0.15, -0.1) is 0 Å². The Labute approximate surface area is 206 Å². The van der Waals surface area contributed by atoms with Gasteiger partial charge in [-0.2, -0.15) is 0 Å². The third kappa shape index (κ3) is 5.75. The summed E-state index contributed by atoms with van der Waals surface area (Å²) in [5, 5.41) is 6.64. The minimum absolute atomic E-state index is 0.0727. The normalized spacial score (nSPS) is 13.5. The molecule has 0 aliphatic carbocycles. The van der Waals surface area contributed by atoms with Crippen molar-refractivity contribution in [3.8, 4) is 5.75 Å². The second-order valence-electron chi connectivity index (χ2n) is 7.04. The molecule has 0 saturated carbocycles. The number of hydrogen-bond acceptors (Lipinski definition) is 5. The Balaban J connectivity index is 1.64. The lowest BCUT2D eigenvalue weighted by molar-refractivity contribution is -0.129. The van der Waals surface area contributed by atoms with E-state index in [1.54, 1.807) is 13.0 Å². The number of nitrogens with zero attached hydrogens (tertiary/aromatic N) is 2. The van der Waals surface area contributed by atoms with E-state index in [4.69, 9.17) is 51.8 Å². The van der Waals surface area contributed by atoms with E-state index in [0.29, 0.717) is 41.9 Å². The molecule has 1 aliphatic heterocycles. The van der Waals surface area contributed by atoms with Gasteiger partial charge in [0, 0.05) is 43.8 Å². The molecule has 2 aromatic rings. The van der Waals surface area contributed by atoms with Crippen LogP contribution in [0.15, 0.2) is 30.3 Å². The SMILES string of the molecule is COc1c(Cl)cc(Cl)cc1C(=O)NC(=S)Nc1ccc(N2CCN(C(C)=O)CC2)c(Cl)c1. The van der Waals surface area contributed by atoms with Crippen LogP contribution in [0.4, 0.5) is 11.4 Å². The number of amides is 2. The summed E-state index contributed by atoms with van der Waals surface area (Å²) >= 11 is 23.8. The van der Waals surface area contributed by atoms with Crippen LogP contribution in [0.25, 0.3) is 0 Å². The van der Waals surface area contributed by atoms with Crippen molar-refractivity contribution < 1.29 is 14.3 Å². The van der Waals surface area contributed by atoms with E-state index in [0.717, 1.165) is 5.69 Å². The Hall–Kier alpha value is -2.26. The van der Waals surface area contributed by atoms with Crippen molar-refractivity contribution in [3.05, 3.63) is 51.0 Å². The number of carbonyl (C=O) groups is 2. The molecule has 11 heteroatoms. The van der Waals surface area contributed by atoms with Crippen molar-refractivity contribution in [2.75, 3.05) is 43.5 Å².